The third-order valence-corrected chi connectivity index (χ3v) is 1.12. The molecule has 0 saturated heterocycles. The molecule has 0 aromatic carbocycles. The highest BCUT2D eigenvalue weighted by Gasteiger charge is 2.33. The second kappa shape index (κ2) is 1.21. The van der Waals surface area contributed by atoms with Gasteiger partial charge in [-0.25, -0.2) is 0 Å². The normalized spacial score (nSPS) is 43.0. The van der Waals surface area contributed by atoms with Crippen molar-refractivity contribution in [2.24, 2.45) is 5.92 Å². The fourth-order valence-corrected chi connectivity index (χ4v) is 0.428. The number of rotatable bonds is 1. The van der Waals surface area contributed by atoms with E-state index in [4.69, 9.17) is 10.2 Å². The van der Waals surface area contributed by atoms with Crippen LogP contribution in [0.15, 0.2) is 0 Å². The summed E-state index contributed by atoms with van der Waals surface area (Å²) in [5.41, 5.74) is 0. The lowest BCUT2D eigenvalue weighted by molar-refractivity contribution is 0.210. The van der Waals surface area contributed by atoms with Gasteiger partial charge in [0.15, 0.2) is 0 Å². The van der Waals surface area contributed by atoms with Crippen LogP contribution >= 0.6 is 0 Å². The molecule has 2 heteroatoms. The quantitative estimate of drug-likeness (QED) is 0.447. The van der Waals surface area contributed by atoms with E-state index in [9.17, 15) is 0 Å². The van der Waals surface area contributed by atoms with Gasteiger partial charge < -0.3 is 10.2 Å². The lowest BCUT2D eigenvalue weighted by Gasteiger charge is -1.79. The molecule has 2 N–H and O–H groups in total. The van der Waals surface area contributed by atoms with Gasteiger partial charge in [0.2, 0.25) is 0 Å². The predicted octanol–water partition coefficient (Wildman–Crippen LogP) is -0.641. The molecule has 0 unspecified atom stereocenters. The van der Waals surface area contributed by atoms with Gasteiger partial charge in [-0.15, -0.1) is 0 Å². The first-order valence-electron chi connectivity index (χ1n) is 2.13. The van der Waals surface area contributed by atoms with Crippen LogP contribution in [-0.2, 0) is 0 Å². The largest absolute Gasteiger partial charge is 0.396 e. The minimum absolute atomic E-state index is 0.154. The lowest BCUT2D eigenvalue weighted by atomic mass is 10.5. The molecule has 1 aliphatic carbocycles. The minimum Gasteiger partial charge on any atom is -0.396 e. The van der Waals surface area contributed by atoms with Gasteiger partial charge in [0.25, 0.3) is 0 Å². The van der Waals surface area contributed by atoms with Crippen molar-refractivity contribution in [2.45, 2.75) is 12.5 Å². The molecular formula is C4H8O2. The average molecular weight is 88.1 g/mol. The molecule has 0 radical (unpaired) electrons. The Kier molecular flexibility index (Phi) is 0.821. The zero-order valence-corrected chi connectivity index (χ0v) is 3.46. The molecule has 1 fully saturated rings. The average Bonchev–Trinajstić information content (AvgIpc) is 2.19. The number of hydrogen-bond donors (Lipinski definition) is 2. The summed E-state index contributed by atoms with van der Waals surface area (Å²) in [5.74, 6) is 0.213. The smallest absolute Gasteiger partial charge is 0.0595 e. The summed E-state index contributed by atoms with van der Waals surface area (Å²) in [4.78, 5) is 0. The topological polar surface area (TPSA) is 40.5 Å². The molecular weight excluding hydrogens is 80.0 g/mol. The number of aliphatic hydroxyl groups is 2. The van der Waals surface area contributed by atoms with Gasteiger partial charge in [0.1, 0.15) is 0 Å². The molecule has 0 aliphatic heterocycles. The lowest BCUT2D eigenvalue weighted by Crippen LogP contribution is -1.89. The van der Waals surface area contributed by atoms with E-state index in [0.717, 1.165) is 6.42 Å². The van der Waals surface area contributed by atoms with E-state index < -0.39 is 0 Å². The Hall–Kier alpha value is -0.0800. The van der Waals surface area contributed by atoms with Crippen LogP contribution in [0, 0.1) is 5.92 Å². The van der Waals surface area contributed by atoms with Crippen LogP contribution in [0.5, 0.6) is 0 Å². The van der Waals surface area contributed by atoms with Crippen LogP contribution in [0.3, 0.4) is 0 Å². The molecule has 6 heavy (non-hydrogen) atoms. The van der Waals surface area contributed by atoms with E-state index in [1.54, 1.807) is 0 Å². The minimum atomic E-state index is -0.185. The van der Waals surface area contributed by atoms with Crippen molar-refractivity contribution < 1.29 is 10.2 Å². The van der Waals surface area contributed by atoms with Gasteiger partial charge >= 0.3 is 0 Å². The van der Waals surface area contributed by atoms with Gasteiger partial charge in [0.05, 0.1) is 6.10 Å². The van der Waals surface area contributed by atoms with Crippen molar-refractivity contribution in [2.75, 3.05) is 6.61 Å². The zero-order chi connectivity index (χ0) is 4.57. The van der Waals surface area contributed by atoms with E-state index in [-0.39, 0.29) is 18.6 Å². The summed E-state index contributed by atoms with van der Waals surface area (Å²) in [6, 6.07) is 0. The van der Waals surface area contributed by atoms with Crippen molar-refractivity contribution >= 4 is 0 Å². The first kappa shape index (κ1) is 4.09. The highest BCUT2D eigenvalue weighted by Crippen LogP contribution is 2.28. The standard InChI is InChI=1S/C4H8O2/c5-2-3-1-4(3)6/h3-6H,1-2H2/t3-,4+/m0/s1. The van der Waals surface area contributed by atoms with Gasteiger partial charge in [-0.1, -0.05) is 0 Å². The summed E-state index contributed by atoms with van der Waals surface area (Å²) in [6.07, 6.45) is 0.617. The van der Waals surface area contributed by atoms with E-state index in [0.29, 0.717) is 0 Å². The zero-order valence-electron chi connectivity index (χ0n) is 3.46. The molecule has 1 aliphatic rings. The maximum Gasteiger partial charge on any atom is 0.0595 e. The van der Waals surface area contributed by atoms with Crippen molar-refractivity contribution in [1.29, 1.82) is 0 Å². The molecule has 0 spiro atoms. The third-order valence-electron chi connectivity index (χ3n) is 1.12. The Morgan fingerprint density at radius 1 is 1.67 bits per heavy atom. The Balaban J connectivity index is 2.09. The number of aliphatic hydroxyl groups excluding tert-OH is 2. The fourth-order valence-electron chi connectivity index (χ4n) is 0.428. The molecule has 0 aromatic rings. The summed E-state index contributed by atoms with van der Waals surface area (Å²) >= 11 is 0. The Morgan fingerprint density at radius 2 is 2.17 bits per heavy atom. The van der Waals surface area contributed by atoms with Crippen LogP contribution in [0.4, 0.5) is 0 Å². The highest BCUT2D eigenvalue weighted by molar-refractivity contribution is 4.84. The second-order valence-corrected chi connectivity index (χ2v) is 1.75. The molecule has 0 bridgehead atoms. The number of hydrogen-bond acceptors (Lipinski definition) is 2. The molecule has 2 atom stereocenters. The van der Waals surface area contributed by atoms with Crippen LogP contribution in [-0.4, -0.2) is 22.9 Å². The van der Waals surface area contributed by atoms with E-state index in [2.05, 4.69) is 0 Å². The monoisotopic (exact) mass is 88.1 g/mol. The van der Waals surface area contributed by atoms with Crippen LogP contribution < -0.4 is 0 Å². The summed E-state index contributed by atoms with van der Waals surface area (Å²) in [5, 5.41) is 16.7. The van der Waals surface area contributed by atoms with Crippen LogP contribution in [0.25, 0.3) is 0 Å². The first-order chi connectivity index (χ1) is 2.84. The van der Waals surface area contributed by atoms with Gasteiger partial charge in [-0.3, -0.25) is 0 Å². The Bertz CT molecular complexity index is 51.5. The summed E-state index contributed by atoms with van der Waals surface area (Å²) in [6.45, 7) is 0.154. The van der Waals surface area contributed by atoms with Crippen molar-refractivity contribution in [1.82, 2.24) is 0 Å². The van der Waals surface area contributed by atoms with Gasteiger partial charge in [-0.2, -0.15) is 0 Å². The Morgan fingerprint density at radius 3 is 2.17 bits per heavy atom. The van der Waals surface area contributed by atoms with Crippen LogP contribution in [0.2, 0.25) is 0 Å². The van der Waals surface area contributed by atoms with E-state index in [1.165, 1.54) is 0 Å². The molecule has 2 nitrogen and oxygen atoms in total. The maximum absolute atomic E-state index is 8.47. The molecule has 0 heterocycles. The van der Waals surface area contributed by atoms with Gasteiger partial charge in [-0.05, 0) is 6.42 Å². The second-order valence-electron chi connectivity index (χ2n) is 1.75. The Labute approximate surface area is 36.4 Å². The fraction of sp³-hybridized carbons (Fsp3) is 1.00. The van der Waals surface area contributed by atoms with Crippen LogP contribution in [0.1, 0.15) is 6.42 Å². The van der Waals surface area contributed by atoms with E-state index >= 15 is 0 Å². The maximum atomic E-state index is 8.47. The molecule has 0 aromatic heterocycles. The first-order valence-corrected chi connectivity index (χ1v) is 2.13. The van der Waals surface area contributed by atoms with Crippen molar-refractivity contribution in [3.8, 4) is 0 Å². The molecule has 1 rings (SSSR count). The van der Waals surface area contributed by atoms with E-state index in [1.807, 2.05) is 0 Å². The SMILES string of the molecule is OC[C@@H]1C[C@H]1O. The molecule has 0 amide bonds. The van der Waals surface area contributed by atoms with Crippen molar-refractivity contribution in [3.05, 3.63) is 0 Å². The highest BCUT2D eigenvalue weighted by atomic mass is 16.3. The third kappa shape index (κ3) is 0.533. The van der Waals surface area contributed by atoms with Gasteiger partial charge in [0, 0.05) is 12.5 Å². The van der Waals surface area contributed by atoms with Crippen molar-refractivity contribution in [3.63, 3.8) is 0 Å². The molecule has 36 valence electrons. The summed E-state index contributed by atoms with van der Waals surface area (Å²) in [7, 11) is 0. The molecule has 1 saturated carbocycles. The predicted molar refractivity (Wildman–Crippen MR) is 21.2 cm³/mol. The summed E-state index contributed by atoms with van der Waals surface area (Å²) < 4.78 is 0.